The molecule has 0 spiro atoms. The van der Waals surface area contributed by atoms with Gasteiger partial charge >= 0.3 is 0 Å². The van der Waals surface area contributed by atoms with Crippen molar-refractivity contribution in [3.63, 3.8) is 0 Å². The van der Waals surface area contributed by atoms with Crippen LogP contribution >= 0.6 is 0 Å². The van der Waals surface area contributed by atoms with E-state index in [0.717, 1.165) is 12.4 Å². The summed E-state index contributed by atoms with van der Waals surface area (Å²) in [6.45, 7) is 11.4. The van der Waals surface area contributed by atoms with Crippen molar-refractivity contribution < 1.29 is 4.74 Å². The molecule has 0 unspecified atom stereocenters. The summed E-state index contributed by atoms with van der Waals surface area (Å²) in [5.74, 6) is 1.56. The van der Waals surface area contributed by atoms with E-state index in [1.807, 2.05) is 19.2 Å². The molecule has 0 aromatic heterocycles. The number of aryl methyl sites for hydroxylation is 1. The normalized spacial score (nSPS) is 10.1. The second kappa shape index (κ2) is 9.06. The molecule has 0 aliphatic carbocycles. The van der Waals surface area contributed by atoms with Gasteiger partial charge in [-0.15, -0.1) is 0 Å². The van der Waals surface area contributed by atoms with Crippen molar-refractivity contribution in [1.29, 1.82) is 0 Å². The summed E-state index contributed by atoms with van der Waals surface area (Å²) in [4.78, 5) is 0. The highest BCUT2D eigenvalue weighted by atomic mass is 16.5. The zero-order valence-corrected chi connectivity index (χ0v) is 12.1. The summed E-state index contributed by atoms with van der Waals surface area (Å²) in [6, 6.07) is 8.78. The molecule has 0 radical (unpaired) electrons. The fourth-order valence-electron chi connectivity index (χ4n) is 0.968. The summed E-state index contributed by atoms with van der Waals surface area (Å²) in [6.07, 6.45) is 0. The predicted molar refractivity (Wildman–Crippen MR) is 75.7 cm³/mol. The molecule has 0 atom stereocenters. The first-order valence-electron chi connectivity index (χ1n) is 6.32. The highest BCUT2D eigenvalue weighted by Gasteiger charge is 1.95. The number of benzene rings is 1. The summed E-state index contributed by atoms with van der Waals surface area (Å²) >= 11 is 0. The monoisotopic (exact) mass is 237 g/mol. The Bertz CT molecular complexity index is 295. The molecule has 0 heterocycles. The third-order valence-electron chi connectivity index (χ3n) is 2.15. The van der Waals surface area contributed by atoms with E-state index in [0.29, 0.717) is 12.0 Å². The first kappa shape index (κ1) is 16.0. The number of hydrogen-bond acceptors (Lipinski definition) is 2. The Morgan fingerprint density at radius 1 is 1.18 bits per heavy atom. The molecule has 2 nitrogen and oxygen atoms in total. The van der Waals surface area contributed by atoms with Gasteiger partial charge in [-0.1, -0.05) is 39.8 Å². The van der Waals surface area contributed by atoms with E-state index in [1.54, 1.807) is 0 Å². The van der Waals surface area contributed by atoms with E-state index in [2.05, 4.69) is 52.1 Å². The van der Waals surface area contributed by atoms with Gasteiger partial charge in [0.15, 0.2) is 0 Å². The smallest absolute Gasteiger partial charge is 0.119 e. The lowest BCUT2D eigenvalue weighted by atomic mass is 10.2. The third-order valence-corrected chi connectivity index (χ3v) is 2.15. The van der Waals surface area contributed by atoms with Gasteiger partial charge in [0.2, 0.25) is 0 Å². The Labute approximate surface area is 106 Å². The second-order valence-electron chi connectivity index (χ2n) is 4.96. The number of hydrogen-bond donors (Lipinski definition) is 1. The van der Waals surface area contributed by atoms with Gasteiger partial charge in [-0.3, -0.25) is 0 Å². The van der Waals surface area contributed by atoms with Gasteiger partial charge in [-0.2, -0.15) is 0 Å². The summed E-state index contributed by atoms with van der Waals surface area (Å²) in [5, 5.41) is 3.03. The molecule has 0 amide bonds. The topological polar surface area (TPSA) is 21.3 Å². The maximum atomic E-state index is 5.55. The van der Waals surface area contributed by atoms with Crippen LogP contribution in [-0.4, -0.2) is 19.7 Å². The molecule has 0 saturated carbocycles. The van der Waals surface area contributed by atoms with Crippen LogP contribution in [-0.2, 0) is 0 Å². The van der Waals surface area contributed by atoms with Crippen LogP contribution in [0.4, 0.5) is 0 Å². The van der Waals surface area contributed by atoms with Crippen LogP contribution in [0.3, 0.4) is 0 Å². The molecule has 17 heavy (non-hydrogen) atoms. The molecule has 1 aromatic carbocycles. The highest BCUT2D eigenvalue weighted by molar-refractivity contribution is 5.27. The van der Waals surface area contributed by atoms with Gasteiger partial charge in [-0.05, 0) is 37.6 Å². The zero-order valence-electron chi connectivity index (χ0n) is 12.1. The predicted octanol–water partition coefficient (Wildman–Crippen LogP) is 3.64. The van der Waals surface area contributed by atoms with E-state index in [1.165, 1.54) is 5.56 Å². The fourth-order valence-corrected chi connectivity index (χ4v) is 0.968. The zero-order chi connectivity index (χ0) is 13.3. The van der Waals surface area contributed by atoms with Gasteiger partial charge < -0.3 is 10.1 Å². The van der Waals surface area contributed by atoms with Gasteiger partial charge in [0.25, 0.3) is 0 Å². The molecule has 2 heteroatoms. The summed E-state index contributed by atoms with van der Waals surface area (Å²) < 4.78 is 5.55. The summed E-state index contributed by atoms with van der Waals surface area (Å²) in [7, 11) is 1.95. The first-order chi connectivity index (χ1) is 7.95. The Kier molecular flexibility index (Phi) is 8.51. The van der Waals surface area contributed by atoms with Crippen LogP contribution in [0.2, 0.25) is 0 Å². The van der Waals surface area contributed by atoms with E-state index in [-0.39, 0.29) is 0 Å². The van der Waals surface area contributed by atoms with Crippen molar-refractivity contribution in [2.75, 3.05) is 13.7 Å². The lowest BCUT2D eigenvalue weighted by Gasteiger charge is -2.08. The van der Waals surface area contributed by atoms with Crippen LogP contribution in [0.5, 0.6) is 5.75 Å². The molecule has 0 aliphatic rings. The average Bonchev–Trinajstić information content (AvgIpc) is 2.27. The van der Waals surface area contributed by atoms with Crippen LogP contribution in [0.15, 0.2) is 24.3 Å². The molecule has 1 N–H and O–H groups in total. The van der Waals surface area contributed by atoms with Crippen molar-refractivity contribution in [3.8, 4) is 5.75 Å². The Hall–Kier alpha value is -1.02. The molecule has 98 valence electrons. The van der Waals surface area contributed by atoms with Crippen molar-refractivity contribution >= 4 is 0 Å². The number of rotatable bonds is 4. The highest BCUT2D eigenvalue weighted by Crippen LogP contribution is 2.12. The van der Waals surface area contributed by atoms with Crippen molar-refractivity contribution in [3.05, 3.63) is 29.8 Å². The van der Waals surface area contributed by atoms with Crippen molar-refractivity contribution in [1.82, 2.24) is 5.32 Å². The minimum absolute atomic E-state index is 0.588. The molecular weight excluding hydrogens is 210 g/mol. The first-order valence-corrected chi connectivity index (χ1v) is 6.32. The molecule has 1 aromatic rings. The Morgan fingerprint density at radius 2 is 1.76 bits per heavy atom. The quantitative estimate of drug-likeness (QED) is 0.863. The van der Waals surface area contributed by atoms with E-state index in [4.69, 9.17) is 4.74 Å². The average molecular weight is 237 g/mol. The van der Waals surface area contributed by atoms with Gasteiger partial charge in [0, 0.05) is 6.04 Å². The van der Waals surface area contributed by atoms with E-state index >= 15 is 0 Å². The maximum absolute atomic E-state index is 5.55. The molecule has 1 rings (SSSR count). The van der Waals surface area contributed by atoms with Gasteiger partial charge in [-0.25, -0.2) is 0 Å². The van der Waals surface area contributed by atoms with Crippen molar-refractivity contribution in [2.45, 2.75) is 40.7 Å². The maximum Gasteiger partial charge on any atom is 0.119 e. The van der Waals surface area contributed by atoms with Crippen LogP contribution in [0.25, 0.3) is 0 Å². The molecule has 0 aliphatic heterocycles. The minimum Gasteiger partial charge on any atom is -0.493 e. The lowest BCUT2D eigenvalue weighted by molar-refractivity contribution is 0.271. The fraction of sp³-hybridized carbons (Fsp3) is 0.600. The summed E-state index contributed by atoms with van der Waals surface area (Å²) in [5.41, 5.74) is 1.25. The Morgan fingerprint density at radius 3 is 2.18 bits per heavy atom. The van der Waals surface area contributed by atoms with Crippen LogP contribution in [0.1, 0.15) is 33.3 Å². The standard InChI is InChI=1S/C11H16O.C4H11N/c1-9(2)8-12-11-6-4-5-10(3)7-11;1-4(2)5-3/h4-7,9H,8H2,1-3H3;4-5H,1-3H3. The lowest BCUT2D eigenvalue weighted by Crippen LogP contribution is -2.15. The SMILES string of the molecule is CNC(C)C.Cc1cccc(OCC(C)C)c1. The number of ether oxygens (including phenoxy) is 1. The number of nitrogens with one attached hydrogen (secondary N) is 1. The largest absolute Gasteiger partial charge is 0.493 e. The van der Waals surface area contributed by atoms with Gasteiger partial charge in [0.1, 0.15) is 5.75 Å². The van der Waals surface area contributed by atoms with Crippen LogP contribution < -0.4 is 10.1 Å². The third kappa shape index (κ3) is 9.88. The van der Waals surface area contributed by atoms with E-state index < -0.39 is 0 Å². The second-order valence-corrected chi connectivity index (χ2v) is 4.96. The molecule has 0 bridgehead atoms. The van der Waals surface area contributed by atoms with Crippen LogP contribution in [0, 0.1) is 12.8 Å². The minimum atomic E-state index is 0.588. The van der Waals surface area contributed by atoms with E-state index in [9.17, 15) is 0 Å². The van der Waals surface area contributed by atoms with Gasteiger partial charge in [0.05, 0.1) is 6.61 Å². The van der Waals surface area contributed by atoms with Crippen molar-refractivity contribution in [2.24, 2.45) is 5.92 Å². The molecular formula is C15H27NO. The Balaban J connectivity index is 0.000000437. The molecule has 0 saturated heterocycles. The molecule has 0 fully saturated rings.